The Hall–Kier alpha value is -5.35. The lowest BCUT2D eigenvalue weighted by molar-refractivity contribution is -0.114. The van der Waals surface area contributed by atoms with Crippen LogP contribution in [0.25, 0.3) is 0 Å². The normalized spacial score (nSPS) is 13.2. The highest BCUT2D eigenvalue weighted by Crippen LogP contribution is 2.34. The summed E-state index contributed by atoms with van der Waals surface area (Å²) in [5, 5.41) is 0. The van der Waals surface area contributed by atoms with E-state index < -0.39 is 0 Å². The van der Waals surface area contributed by atoms with Crippen molar-refractivity contribution in [3.8, 4) is 17.2 Å². The van der Waals surface area contributed by atoms with Crippen LogP contribution in [0.1, 0.15) is 46.5 Å². The van der Waals surface area contributed by atoms with Crippen molar-refractivity contribution in [3.63, 3.8) is 0 Å². The van der Waals surface area contributed by atoms with E-state index in [1.165, 1.54) is 48.8 Å². The first-order valence-corrected chi connectivity index (χ1v) is 16.9. The number of hydrogen-bond acceptors (Lipinski definition) is 8. The number of methoxy groups -OCH3 is 1. The fourth-order valence-electron chi connectivity index (χ4n) is 4.94. The van der Waals surface area contributed by atoms with E-state index in [0.29, 0.717) is 53.3 Å². The molecule has 50 heavy (non-hydrogen) atoms. The summed E-state index contributed by atoms with van der Waals surface area (Å²) in [6, 6.07) is 22.7. The summed E-state index contributed by atoms with van der Waals surface area (Å²) in [6.07, 6.45) is 10.4. The number of amidine groups is 1. The first-order chi connectivity index (χ1) is 24.1. The zero-order chi connectivity index (χ0) is 36.6. The Morgan fingerprint density at radius 2 is 1.56 bits per heavy atom. The van der Waals surface area contributed by atoms with Crippen LogP contribution in [0.3, 0.4) is 0 Å². The highest BCUT2D eigenvalue weighted by atomic mass is 16.5. The highest BCUT2D eigenvalue weighted by molar-refractivity contribution is 6.20. The van der Waals surface area contributed by atoms with Gasteiger partial charge in [0.15, 0.2) is 5.84 Å². The molecule has 266 valence electrons. The van der Waals surface area contributed by atoms with Gasteiger partial charge in [-0.2, -0.15) is 0 Å². The Morgan fingerprint density at radius 3 is 2.10 bits per heavy atom. The zero-order valence-electron chi connectivity index (χ0n) is 30.5. The Morgan fingerprint density at radius 1 is 0.940 bits per heavy atom. The minimum Gasteiger partial charge on any atom is -0.495 e. The molecule has 4 rings (SSSR count). The molecule has 10 heteroatoms. The van der Waals surface area contributed by atoms with E-state index in [1.54, 1.807) is 38.2 Å². The summed E-state index contributed by atoms with van der Waals surface area (Å²) >= 11 is 0. The number of rotatable bonds is 15. The fourth-order valence-corrected chi connectivity index (χ4v) is 4.94. The summed E-state index contributed by atoms with van der Waals surface area (Å²) in [5.41, 5.74) is 9.04. The molecule has 0 aliphatic heterocycles. The fraction of sp³-hybridized carbons (Fsp3) is 0.325. The molecule has 0 spiro atoms. The van der Waals surface area contributed by atoms with Crippen molar-refractivity contribution in [2.75, 3.05) is 49.5 Å². The molecule has 1 saturated carbocycles. The minimum atomic E-state index is -0.227. The minimum absolute atomic E-state index is 0.227. The number of likely N-dealkylation sites (N-methyl/N-ethyl adjacent to an activating group) is 3. The summed E-state index contributed by atoms with van der Waals surface area (Å²) in [7, 11) is 7.08. The Balaban J connectivity index is 0.00000160. The number of para-hydroxylation sites is 1. The van der Waals surface area contributed by atoms with Crippen LogP contribution < -0.4 is 29.9 Å². The maximum absolute atomic E-state index is 13.1. The summed E-state index contributed by atoms with van der Waals surface area (Å²) in [5.74, 6) is 1.88. The topological polar surface area (TPSA) is 104 Å². The largest absolute Gasteiger partial charge is 0.495 e. The van der Waals surface area contributed by atoms with Crippen molar-refractivity contribution in [1.82, 2.24) is 4.90 Å². The molecule has 3 aromatic carbocycles. The summed E-state index contributed by atoms with van der Waals surface area (Å²) in [6.45, 7) is 10.6. The van der Waals surface area contributed by atoms with Crippen LogP contribution in [0, 0.1) is 0 Å². The molecule has 0 aromatic heterocycles. The Kier molecular flexibility index (Phi) is 15.3. The van der Waals surface area contributed by atoms with E-state index in [2.05, 4.69) is 37.4 Å². The van der Waals surface area contributed by atoms with Gasteiger partial charge in [-0.3, -0.25) is 19.4 Å². The third kappa shape index (κ3) is 10.8. The Bertz CT molecular complexity index is 1640. The molecule has 1 fully saturated rings. The molecule has 0 radical (unpaired) electrons. The number of nitrogens with zero attached hydrogens (tertiary/aromatic N) is 5. The van der Waals surface area contributed by atoms with Gasteiger partial charge in [-0.15, -0.1) is 0 Å². The molecule has 1 aliphatic rings. The molecule has 2 N–H and O–H groups in total. The lowest BCUT2D eigenvalue weighted by Gasteiger charge is -2.30. The van der Waals surface area contributed by atoms with E-state index in [0.717, 1.165) is 11.4 Å². The van der Waals surface area contributed by atoms with Gasteiger partial charge in [0.1, 0.15) is 22.9 Å². The average molecular weight is 681 g/mol. The second kappa shape index (κ2) is 19.6. The number of anilines is 3. The molecule has 0 saturated heterocycles. The molecule has 0 heterocycles. The molecule has 3 aromatic rings. The Labute approximate surface area is 297 Å². The van der Waals surface area contributed by atoms with Crippen molar-refractivity contribution in [3.05, 3.63) is 109 Å². The number of ether oxygens (including phenoxy) is 2. The van der Waals surface area contributed by atoms with Crippen molar-refractivity contribution in [2.24, 2.45) is 10.7 Å². The second-order valence-electron chi connectivity index (χ2n) is 11.9. The second-order valence-corrected chi connectivity index (χ2v) is 11.9. The average Bonchev–Trinajstić information content (AvgIpc) is 3.98. The zero-order valence-corrected chi connectivity index (χ0v) is 30.5. The van der Waals surface area contributed by atoms with Crippen LogP contribution in [0.15, 0.2) is 114 Å². The molecule has 0 atom stereocenters. The van der Waals surface area contributed by atoms with Crippen LogP contribution in [0.4, 0.5) is 17.1 Å². The number of allylic oxidation sites excluding steroid dienone is 1. The first kappa shape index (κ1) is 39.1. The van der Waals surface area contributed by atoms with Crippen LogP contribution in [-0.4, -0.2) is 63.9 Å². The number of benzene rings is 3. The molecule has 0 unspecified atom stereocenters. The van der Waals surface area contributed by atoms with Gasteiger partial charge in [0.25, 0.3) is 5.91 Å². The molecular formula is C40H52N6O4. The molecule has 0 bridgehead atoms. The van der Waals surface area contributed by atoms with Gasteiger partial charge in [0.2, 0.25) is 6.41 Å². The van der Waals surface area contributed by atoms with Gasteiger partial charge in [-0.1, -0.05) is 57.5 Å². The smallest absolute Gasteiger partial charge is 0.250 e. The van der Waals surface area contributed by atoms with E-state index in [9.17, 15) is 9.59 Å². The lowest BCUT2D eigenvalue weighted by Crippen LogP contribution is -2.38. The van der Waals surface area contributed by atoms with Crippen LogP contribution >= 0.6 is 0 Å². The van der Waals surface area contributed by atoms with E-state index in [1.807, 2.05) is 72.6 Å². The van der Waals surface area contributed by atoms with Gasteiger partial charge in [-0.25, -0.2) is 4.99 Å². The number of hydrogen-bond donors (Lipinski definition) is 1. The maximum atomic E-state index is 13.1. The number of aliphatic imine (C=N–C) groups is 1. The van der Waals surface area contributed by atoms with E-state index in [4.69, 9.17) is 15.2 Å². The number of unbranched alkanes of at least 4 members (excludes halogenated alkanes) is 1. The van der Waals surface area contributed by atoms with Gasteiger partial charge in [-0.05, 0) is 81.4 Å². The van der Waals surface area contributed by atoms with Crippen LogP contribution in [0.2, 0.25) is 0 Å². The number of carbonyl (C=O) groups is 2. The maximum Gasteiger partial charge on any atom is 0.250 e. The quantitative estimate of drug-likeness (QED) is 0.0758. The molecular weight excluding hydrogens is 628 g/mol. The summed E-state index contributed by atoms with van der Waals surface area (Å²) < 4.78 is 11.5. The number of nitrogens with two attached hydrogens (primary N) is 1. The van der Waals surface area contributed by atoms with E-state index >= 15 is 0 Å². The molecule has 2 amide bonds. The van der Waals surface area contributed by atoms with Gasteiger partial charge in [0.05, 0.1) is 18.5 Å². The number of amides is 2. The summed E-state index contributed by atoms with van der Waals surface area (Å²) in [4.78, 5) is 37.3. The molecule has 10 nitrogen and oxygen atoms in total. The standard InChI is InChI=1S/C36H42N6O4.C4H10/c1-7-38-36(35(26(2)37)40(4)28-17-20-31(21-18-28)46-30-12-9-8-10-13-30)42(25-43)29-19-22-33(45-6)32(24-29)41(5)34(44)14-11-23-39(3)27-15-16-27;1-3-4-2/h7-14,17-22,24-25,27H,1,15-16,23,37H2,2-6H3;3-4H2,1-2H3/b14-11+,35-26-,38-36?;. The monoisotopic (exact) mass is 680 g/mol. The predicted molar refractivity (Wildman–Crippen MR) is 206 cm³/mol. The predicted octanol–water partition coefficient (Wildman–Crippen LogP) is 7.74. The van der Waals surface area contributed by atoms with Crippen molar-refractivity contribution < 1.29 is 19.1 Å². The third-order valence-electron chi connectivity index (χ3n) is 8.13. The first-order valence-electron chi connectivity index (χ1n) is 16.9. The SMILES string of the molecule is C=CN=C(/C(=C(\C)N)N(C)c1ccc(Oc2ccccc2)cc1)N(C=O)c1ccc(OC)c(N(C)C(=O)/C=C/CN(C)C2CC2)c1.CCCC. The van der Waals surface area contributed by atoms with Crippen molar-refractivity contribution in [1.29, 1.82) is 0 Å². The van der Waals surface area contributed by atoms with Crippen LogP contribution in [-0.2, 0) is 9.59 Å². The lowest BCUT2D eigenvalue weighted by atomic mass is 10.1. The van der Waals surface area contributed by atoms with Gasteiger partial charge in [0, 0.05) is 50.3 Å². The number of carbonyl (C=O) groups excluding carboxylic acids is 2. The van der Waals surface area contributed by atoms with Gasteiger partial charge >= 0.3 is 0 Å². The van der Waals surface area contributed by atoms with E-state index in [-0.39, 0.29) is 11.7 Å². The van der Waals surface area contributed by atoms with Crippen LogP contribution in [0.5, 0.6) is 17.2 Å². The van der Waals surface area contributed by atoms with Gasteiger partial charge < -0.3 is 25.0 Å². The van der Waals surface area contributed by atoms with Crippen molar-refractivity contribution >= 4 is 35.2 Å². The highest BCUT2D eigenvalue weighted by Gasteiger charge is 2.26. The molecule has 1 aliphatic carbocycles. The van der Waals surface area contributed by atoms with Crippen molar-refractivity contribution in [2.45, 2.75) is 52.5 Å². The third-order valence-corrected chi connectivity index (χ3v) is 8.13.